The highest BCUT2D eigenvalue weighted by molar-refractivity contribution is 7.80. The highest BCUT2D eigenvalue weighted by Crippen LogP contribution is 2.44. The summed E-state index contributed by atoms with van der Waals surface area (Å²) in [6, 6.07) is 13.2. The molecule has 4 heterocycles. The van der Waals surface area contributed by atoms with E-state index < -0.39 is 0 Å². The molecule has 160 valence electrons. The molecule has 1 saturated heterocycles. The van der Waals surface area contributed by atoms with Crippen LogP contribution >= 0.6 is 12.2 Å². The van der Waals surface area contributed by atoms with Gasteiger partial charge in [0.2, 0.25) is 0 Å². The van der Waals surface area contributed by atoms with Crippen molar-refractivity contribution in [3.8, 4) is 5.82 Å². The molecule has 3 aromatic heterocycles. The molecular formula is C25H29N5S. The minimum absolute atomic E-state index is 0.0353. The number of aryl methyl sites for hydroxylation is 2. The molecule has 1 saturated carbocycles. The standard InChI is InChI=1S/C25H29N5S/c1-16-9-8-14-27-24(16)29-17(2)15-20(18(29)3)23-22(21-12-6-7-13-26-21)28-25(31)30(23)19-10-4-5-11-19/h6-9,12-15,19,22-23H,4-5,10-11H2,1-3H3,(H,28,31). The molecule has 2 unspecified atom stereocenters. The van der Waals surface area contributed by atoms with Crippen LogP contribution in [-0.4, -0.2) is 30.6 Å². The van der Waals surface area contributed by atoms with Crippen LogP contribution in [0.15, 0.2) is 48.8 Å². The molecule has 2 fully saturated rings. The predicted molar refractivity (Wildman–Crippen MR) is 127 cm³/mol. The molecule has 31 heavy (non-hydrogen) atoms. The van der Waals surface area contributed by atoms with Gasteiger partial charge in [-0.1, -0.05) is 25.0 Å². The Morgan fingerprint density at radius 1 is 1.00 bits per heavy atom. The van der Waals surface area contributed by atoms with E-state index in [1.807, 2.05) is 24.5 Å². The van der Waals surface area contributed by atoms with E-state index in [1.54, 1.807) is 0 Å². The van der Waals surface area contributed by atoms with Gasteiger partial charge >= 0.3 is 0 Å². The van der Waals surface area contributed by atoms with Gasteiger partial charge in [0, 0.05) is 29.8 Å². The molecule has 2 atom stereocenters. The number of hydrogen-bond acceptors (Lipinski definition) is 3. The summed E-state index contributed by atoms with van der Waals surface area (Å²) < 4.78 is 2.29. The van der Waals surface area contributed by atoms with E-state index in [0.717, 1.165) is 16.6 Å². The highest BCUT2D eigenvalue weighted by atomic mass is 32.1. The van der Waals surface area contributed by atoms with E-state index in [4.69, 9.17) is 22.2 Å². The maximum atomic E-state index is 5.90. The number of nitrogens with one attached hydrogen (secondary N) is 1. The fraction of sp³-hybridized carbons (Fsp3) is 0.400. The zero-order valence-corrected chi connectivity index (χ0v) is 19.2. The van der Waals surface area contributed by atoms with Crippen molar-refractivity contribution in [2.45, 2.75) is 64.6 Å². The van der Waals surface area contributed by atoms with Crippen molar-refractivity contribution in [3.63, 3.8) is 0 Å². The third-order valence-corrected chi connectivity index (χ3v) is 7.16. The van der Waals surface area contributed by atoms with Gasteiger partial charge in [-0.25, -0.2) is 4.98 Å². The van der Waals surface area contributed by atoms with E-state index >= 15 is 0 Å². The second-order valence-electron chi connectivity index (χ2n) is 8.78. The van der Waals surface area contributed by atoms with Crippen LogP contribution in [0.3, 0.4) is 0 Å². The van der Waals surface area contributed by atoms with Gasteiger partial charge in [0.15, 0.2) is 5.11 Å². The number of rotatable bonds is 4. The Morgan fingerprint density at radius 2 is 1.77 bits per heavy atom. The number of hydrogen-bond donors (Lipinski definition) is 1. The van der Waals surface area contributed by atoms with Gasteiger partial charge in [-0.05, 0) is 81.2 Å². The first kappa shape index (κ1) is 20.2. The lowest BCUT2D eigenvalue weighted by Gasteiger charge is -2.33. The molecule has 5 nitrogen and oxygen atoms in total. The maximum absolute atomic E-state index is 5.90. The molecule has 5 rings (SSSR count). The molecule has 0 spiro atoms. The normalized spacial score (nSPS) is 21.6. The lowest BCUT2D eigenvalue weighted by atomic mass is 9.95. The van der Waals surface area contributed by atoms with Gasteiger partial charge in [0.1, 0.15) is 5.82 Å². The topological polar surface area (TPSA) is 46.0 Å². The quantitative estimate of drug-likeness (QED) is 0.582. The number of thiocarbonyl (C=S) groups is 1. The molecule has 0 radical (unpaired) electrons. The Morgan fingerprint density at radius 3 is 2.48 bits per heavy atom. The minimum Gasteiger partial charge on any atom is -0.352 e. The molecule has 1 aliphatic carbocycles. The van der Waals surface area contributed by atoms with Gasteiger partial charge in [-0.3, -0.25) is 4.98 Å². The van der Waals surface area contributed by atoms with Gasteiger partial charge in [0.05, 0.1) is 17.8 Å². The molecule has 0 bridgehead atoms. The zero-order valence-electron chi connectivity index (χ0n) is 18.4. The smallest absolute Gasteiger partial charge is 0.170 e. The molecule has 3 aromatic rings. The van der Waals surface area contributed by atoms with Crippen molar-refractivity contribution in [1.82, 2.24) is 24.8 Å². The maximum Gasteiger partial charge on any atom is 0.170 e. The average molecular weight is 432 g/mol. The number of pyridine rings is 2. The third-order valence-electron chi connectivity index (χ3n) is 6.84. The van der Waals surface area contributed by atoms with Crippen LogP contribution in [0.4, 0.5) is 0 Å². The molecule has 2 aliphatic rings. The summed E-state index contributed by atoms with van der Waals surface area (Å²) in [5.74, 6) is 0.999. The molecule has 6 heteroatoms. The van der Waals surface area contributed by atoms with E-state index in [2.05, 4.69) is 59.8 Å². The highest BCUT2D eigenvalue weighted by Gasteiger charge is 2.44. The first-order valence-electron chi connectivity index (χ1n) is 11.2. The Balaban J connectivity index is 1.65. The monoisotopic (exact) mass is 431 g/mol. The van der Waals surface area contributed by atoms with Gasteiger partial charge in [-0.15, -0.1) is 0 Å². The molecular weight excluding hydrogens is 402 g/mol. The lowest BCUT2D eigenvalue weighted by Crippen LogP contribution is -2.37. The van der Waals surface area contributed by atoms with Gasteiger partial charge < -0.3 is 14.8 Å². The molecule has 1 aliphatic heterocycles. The van der Waals surface area contributed by atoms with Crippen LogP contribution in [-0.2, 0) is 0 Å². The second kappa shape index (κ2) is 8.08. The van der Waals surface area contributed by atoms with Crippen LogP contribution in [0, 0.1) is 20.8 Å². The Hall–Kier alpha value is -2.73. The third kappa shape index (κ3) is 3.43. The van der Waals surface area contributed by atoms with Crippen LogP contribution in [0.1, 0.15) is 66.0 Å². The lowest BCUT2D eigenvalue weighted by molar-refractivity contribution is 0.245. The summed E-state index contributed by atoms with van der Waals surface area (Å²) in [6.07, 6.45) is 8.69. The Kier molecular flexibility index (Phi) is 5.26. The largest absolute Gasteiger partial charge is 0.352 e. The van der Waals surface area contributed by atoms with Crippen molar-refractivity contribution in [1.29, 1.82) is 0 Å². The minimum atomic E-state index is 0.0353. The number of nitrogens with zero attached hydrogens (tertiary/aromatic N) is 4. The SMILES string of the molecule is Cc1cccnc1-n1c(C)cc(C2C(c3ccccn3)NC(=S)N2C2CCCC2)c1C. The van der Waals surface area contributed by atoms with Gasteiger partial charge in [0.25, 0.3) is 0 Å². The summed E-state index contributed by atoms with van der Waals surface area (Å²) in [7, 11) is 0. The Bertz CT molecular complexity index is 1100. The van der Waals surface area contributed by atoms with E-state index in [0.29, 0.717) is 6.04 Å². The van der Waals surface area contributed by atoms with Gasteiger partial charge in [-0.2, -0.15) is 0 Å². The van der Waals surface area contributed by atoms with Crippen LogP contribution in [0.25, 0.3) is 5.82 Å². The summed E-state index contributed by atoms with van der Waals surface area (Å²) in [5, 5.41) is 4.48. The van der Waals surface area contributed by atoms with Crippen molar-refractivity contribution in [2.24, 2.45) is 0 Å². The first-order chi connectivity index (χ1) is 15.1. The summed E-state index contributed by atoms with van der Waals surface area (Å²) in [5.41, 5.74) is 5.93. The van der Waals surface area contributed by atoms with E-state index in [-0.39, 0.29) is 12.1 Å². The predicted octanol–water partition coefficient (Wildman–Crippen LogP) is 5.11. The van der Waals surface area contributed by atoms with Crippen molar-refractivity contribution in [2.75, 3.05) is 0 Å². The van der Waals surface area contributed by atoms with E-state index in [1.165, 1.54) is 48.2 Å². The molecule has 0 amide bonds. The van der Waals surface area contributed by atoms with Crippen molar-refractivity contribution < 1.29 is 0 Å². The zero-order chi connectivity index (χ0) is 21.5. The van der Waals surface area contributed by atoms with Crippen molar-refractivity contribution >= 4 is 17.3 Å². The van der Waals surface area contributed by atoms with Crippen LogP contribution in [0.5, 0.6) is 0 Å². The second-order valence-corrected chi connectivity index (χ2v) is 9.16. The van der Waals surface area contributed by atoms with E-state index in [9.17, 15) is 0 Å². The van der Waals surface area contributed by atoms with Crippen molar-refractivity contribution in [3.05, 3.63) is 77.0 Å². The summed E-state index contributed by atoms with van der Waals surface area (Å²) in [6.45, 7) is 6.50. The fourth-order valence-corrected chi connectivity index (χ4v) is 5.79. The molecule has 1 N–H and O–H groups in total. The van der Waals surface area contributed by atoms with Crippen LogP contribution in [0.2, 0.25) is 0 Å². The fourth-order valence-electron chi connectivity index (χ4n) is 5.40. The summed E-state index contributed by atoms with van der Waals surface area (Å²) in [4.78, 5) is 11.9. The average Bonchev–Trinajstić information content (AvgIpc) is 3.47. The van der Waals surface area contributed by atoms with Crippen LogP contribution < -0.4 is 5.32 Å². The number of aromatic nitrogens is 3. The summed E-state index contributed by atoms with van der Waals surface area (Å²) >= 11 is 5.90. The molecule has 0 aromatic carbocycles. The first-order valence-corrected chi connectivity index (χ1v) is 11.6. The Labute approximate surface area is 189 Å².